The highest BCUT2D eigenvalue weighted by Gasteiger charge is 2.16. The Morgan fingerprint density at radius 2 is 1.87 bits per heavy atom. The van der Waals surface area contributed by atoms with E-state index in [9.17, 15) is 8.42 Å². The number of anilines is 1. The summed E-state index contributed by atoms with van der Waals surface area (Å²) >= 11 is 0. The summed E-state index contributed by atoms with van der Waals surface area (Å²) in [4.78, 5) is 0.255. The fourth-order valence-electron chi connectivity index (χ4n) is 2.54. The van der Waals surface area contributed by atoms with E-state index in [4.69, 9.17) is 0 Å². The lowest BCUT2D eigenvalue weighted by atomic mass is 10.0. The zero-order chi connectivity index (χ0) is 16.4. The van der Waals surface area contributed by atoms with Crippen molar-refractivity contribution in [3.8, 4) is 0 Å². The summed E-state index contributed by atoms with van der Waals surface area (Å²) < 4.78 is 27.8. The molecule has 1 heterocycles. The van der Waals surface area contributed by atoms with E-state index in [1.54, 1.807) is 30.5 Å². The lowest BCUT2D eigenvalue weighted by Crippen LogP contribution is -2.13. The van der Waals surface area contributed by atoms with Crippen molar-refractivity contribution in [3.05, 3.63) is 54.2 Å². The van der Waals surface area contributed by atoms with Crippen molar-refractivity contribution in [1.29, 1.82) is 0 Å². The molecule has 6 heteroatoms. The quantitative estimate of drug-likeness (QED) is 0.751. The third kappa shape index (κ3) is 3.37. The van der Waals surface area contributed by atoms with Gasteiger partial charge in [0.1, 0.15) is 0 Å². The molecule has 0 atom stereocenters. The van der Waals surface area contributed by atoms with Gasteiger partial charge in [0.05, 0.1) is 22.3 Å². The minimum absolute atomic E-state index is 0.255. The smallest absolute Gasteiger partial charge is 0.261 e. The Morgan fingerprint density at radius 1 is 1.13 bits per heavy atom. The summed E-state index contributed by atoms with van der Waals surface area (Å²) in [5.74, 6) is 0.536. The average molecular weight is 329 g/mol. The zero-order valence-electron chi connectivity index (χ0n) is 13.1. The maximum atomic E-state index is 12.6. The van der Waals surface area contributed by atoms with Gasteiger partial charge in [0.2, 0.25) is 0 Å². The molecule has 0 aliphatic heterocycles. The zero-order valence-corrected chi connectivity index (χ0v) is 13.9. The van der Waals surface area contributed by atoms with Gasteiger partial charge in [-0.05, 0) is 42.2 Å². The van der Waals surface area contributed by atoms with Crippen molar-refractivity contribution >= 4 is 26.6 Å². The van der Waals surface area contributed by atoms with Crippen LogP contribution in [0.3, 0.4) is 0 Å². The first-order valence-electron chi connectivity index (χ1n) is 7.49. The van der Waals surface area contributed by atoms with Gasteiger partial charge in [-0.2, -0.15) is 5.10 Å². The van der Waals surface area contributed by atoms with Gasteiger partial charge >= 0.3 is 0 Å². The monoisotopic (exact) mass is 329 g/mol. The molecule has 5 nitrogen and oxygen atoms in total. The molecule has 2 N–H and O–H groups in total. The molecular formula is C17H19N3O2S. The topological polar surface area (TPSA) is 74.8 Å². The maximum absolute atomic E-state index is 12.6. The Morgan fingerprint density at radius 3 is 2.57 bits per heavy atom. The SMILES string of the molecule is CC(C)Cc1ccc(S(=O)(=O)Nc2cccc3[nH]ncc23)cc1. The van der Waals surface area contributed by atoms with Crippen molar-refractivity contribution in [1.82, 2.24) is 10.2 Å². The first-order chi connectivity index (χ1) is 11.0. The average Bonchev–Trinajstić information content (AvgIpc) is 2.96. The predicted molar refractivity (Wildman–Crippen MR) is 91.9 cm³/mol. The summed E-state index contributed by atoms with van der Waals surface area (Å²) in [5.41, 5.74) is 2.44. The molecule has 0 saturated heterocycles. The van der Waals surface area contributed by atoms with Crippen LogP contribution in [-0.2, 0) is 16.4 Å². The Hall–Kier alpha value is -2.34. The number of H-pyrrole nitrogens is 1. The van der Waals surface area contributed by atoms with Gasteiger partial charge in [0.25, 0.3) is 10.0 Å². The highest BCUT2D eigenvalue weighted by Crippen LogP contribution is 2.24. The molecule has 3 rings (SSSR count). The number of sulfonamides is 1. The van der Waals surface area contributed by atoms with Crippen LogP contribution in [0.5, 0.6) is 0 Å². The molecule has 1 aromatic heterocycles. The second-order valence-corrected chi connectivity index (χ2v) is 7.67. The predicted octanol–water partition coefficient (Wildman–Crippen LogP) is 3.56. The van der Waals surface area contributed by atoms with E-state index >= 15 is 0 Å². The van der Waals surface area contributed by atoms with Crippen LogP contribution in [0, 0.1) is 5.92 Å². The maximum Gasteiger partial charge on any atom is 0.261 e. The van der Waals surface area contributed by atoms with E-state index in [1.165, 1.54) is 0 Å². The fraction of sp³-hybridized carbons (Fsp3) is 0.235. The van der Waals surface area contributed by atoms with E-state index in [2.05, 4.69) is 28.8 Å². The Labute approximate surface area is 135 Å². The molecule has 23 heavy (non-hydrogen) atoms. The van der Waals surface area contributed by atoms with E-state index in [0.717, 1.165) is 22.9 Å². The normalized spacial score (nSPS) is 12.0. The number of benzene rings is 2. The van der Waals surface area contributed by atoms with Gasteiger partial charge in [-0.25, -0.2) is 8.42 Å². The molecular weight excluding hydrogens is 310 g/mol. The number of aromatic amines is 1. The van der Waals surface area contributed by atoms with E-state index in [-0.39, 0.29) is 4.90 Å². The molecule has 3 aromatic rings. The summed E-state index contributed by atoms with van der Waals surface area (Å²) in [6.45, 7) is 4.27. The molecule has 0 spiro atoms. The minimum Gasteiger partial charge on any atom is -0.279 e. The molecule has 0 saturated carbocycles. The lowest BCUT2D eigenvalue weighted by Gasteiger charge is -2.10. The largest absolute Gasteiger partial charge is 0.279 e. The first kappa shape index (κ1) is 15.6. The molecule has 0 aliphatic carbocycles. The van der Waals surface area contributed by atoms with Crippen molar-refractivity contribution < 1.29 is 8.42 Å². The Kier molecular flexibility index (Phi) is 4.09. The van der Waals surface area contributed by atoms with Crippen molar-refractivity contribution in [3.63, 3.8) is 0 Å². The number of nitrogens with one attached hydrogen (secondary N) is 2. The number of fused-ring (bicyclic) bond motifs is 1. The van der Waals surface area contributed by atoms with Crippen molar-refractivity contribution in [2.75, 3.05) is 4.72 Å². The number of aromatic nitrogens is 2. The Balaban J connectivity index is 1.88. The van der Waals surface area contributed by atoms with Crippen LogP contribution < -0.4 is 4.72 Å². The molecule has 0 radical (unpaired) electrons. The third-order valence-corrected chi connectivity index (χ3v) is 4.99. The third-order valence-electron chi connectivity index (χ3n) is 3.61. The number of rotatable bonds is 5. The van der Waals surface area contributed by atoms with E-state index < -0.39 is 10.0 Å². The molecule has 0 bridgehead atoms. The fourth-order valence-corrected chi connectivity index (χ4v) is 3.62. The number of hydrogen-bond acceptors (Lipinski definition) is 3. The van der Waals surface area contributed by atoms with Crippen LogP contribution in [0.25, 0.3) is 10.9 Å². The van der Waals surface area contributed by atoms with Crippen LogP contribution in [0.15, 0.2) is 53.6 Å². The van der Waals surface area contributed by atoms with Crippen LogP contribution >= 0.6 is 0 Å². The Bertz CT molecular complexity index is 912. The van der Waals surface area contributed by atoms with Crippen LogP contribution in [0.2, 0.25) is 0 Å². The highest BCUT2D eigenvalue weighted by molar-refractivity contribution is 7.92. The van der Waals surface area contributed by atoms with Gasteiger partial charge in [-0.1, -0.05) is 32.0 Å². The first-order valence-corrected chi connectivity index (χ1v) is 8.98. The molecule has 0 aliphatic rings. The molecule has 120 valence electrons. The molecule has 2 aromatic carbocycles. The number of hydrogen-bond donors (Lipinski definition) is 2. The van der Waals surface area contributed by atoms with Gasteiger partial charge in [-0.15, -0.1) is 0 Å². The molecule has 0 unspecified atom stereocenters. The second-order valence-electron chi connectivity index (χ2n) is 5.98. The van der Waals surface area contributed by atoms with Crippen LogP contribution in [0.1, 0.15) is 19.4 Å². The van der Waals surface area contributed by atoms with E-state index in [0.29, 0.717) is 11.6 Å². The highest BCUT2D eigenvalue weighted by atomic mass is 32.2. The summed E-state index contributed by atoms with van der Waals surface area (Å²) in [6.07, 6.45) is 2.54. The van der Waals surface area contributed by atoms with Gasteiger partial charge in [0.15, 0.2) is 0 Å². The van der Waals surface area contributed by atoms with E-state index in [1.807, 2.05) is 18.2 Å². The summed E-state index contributed by atoms with van der Waals surface area (Å²) in [7, 11) is -3.62. The van der Waals surface area contributed by atoms with Gasteiger partial charge < -0.3 is 0 Å². The number of nitrogens with zero attached hydrogens (tertiary/aromatic N) is 1. The van der Waals surface area contributed by atoms with Gasteiger partial charge in [-0.3, -0.25) is 9.82 Å². The molecule has 0 amide bonds. The van der Waals surface area contributed by atoms with Crippen molar-refractivity contribution in [2.45, 2.75) is 25.2 Å². The second kappa shape index (κ2) is 6.04. The molecule has 0 fully saturated rings. The van der Waals surface area contributed by atoms with Crippen molar-refractivity contribution in [2.24, 2.45) is 5.92 Å². The standard InChI is InChI=1S/C17H19N3O2S/c1-12(2)10-13-6-8-14(9-7-13)23(21,22)20-17-5-3-4-16-15(17)11-18-19-16/h3-9,11-12,20H,10H2,1-2H3,(H,18,19). The van der Waals surface area contributed by atoms with Gasteiger partial charge in [0, 0.05) is 5.39 Å². The minimum atomic E-state index is -3.62. The lowest BCUT2D eigenvalue weighted by molar-refractivity contribution is 0.601. The summed E-state index contributed by atoms with van der Waals surface area (Å²) in [5, 5.41) is 7.51. The van der Waals surface area contributed by atoms with Crippen LogP contribution in [0.4, 0.5) is 5.69 Å². The summed E-state index contributed by atoms with van der Waals surface area (Å²) in [6, 6.07) is 12.4. The van der Waals surface area contributed by atoms with Crippen LogP contribution in [-0.4, -0.2) is 18.6 Å².